The smallest absolute Gasteiger partial charge is 0.159 e. The van der Waals surface area contributed by atoms with E-state index in [1.165, 1.54) is 0 Å². The van der Waals surface area contributed by atoms with Crippen LogP contribution in [0.4, 0.5) is 0 Å². The van der Waals surface area contributed by atoms with Crippen molar-refractivity contribution in [2.45, 2.75) is 39.8 Å². The predicted molar refractivity (Wildman–Crippen MR) is 123 cm³/mol. The molecule has 2 aromatic carbocycles. The van der Waals surface area contributed by atoms with Crippen LogP contribution in [-0.2, 0) is 13.1 Å². The third-order valence-corrected chi connectivity index (χ3v) is 5.86. The average molecular weight is 442 g/mol. The summed E-state index contributed by atoms with van der Waals surface area (Å²) < 4.78 is 2.12. The lowest BCUT2D eigenvalue weighted by Gasteiger charge is -2.21. The quantitative estimate of drug-likeness (QED) is 0.482. The molecule has 0 spiro atoms. The summed E-state index contributed by atoms with van der Waals surface area (Å²) >= 11 is 13.2. The number of fused-ring (bicyclic) bond motifs is 3. The van der Waals surface area contributed by atoms with Crippen molar-refractivity contribution in [2.75, 3.05) is 13.1 Å². The van der Waals surface area contributed by atoms with Gasteiger partial charge in [-0.15, -0.1) is 10.2 Å². The van der Waals surface area contributed by atoms with Crippen molar-refractivity contribution in [1.82, 2.24) is 19.7 Å². The number of hydrogen-bond acceptors (Lipinski definition) is 4. The molecular weight excluding hydrogens is 417 g/mol. The number of aliphatic imine (C=N–C) groups is 1. The van der Waals surface area contributed by atoms with Crippen molar-refractivity contribution in [3.8, 4) is 5.69 Å². The molecule has 3 aromatic rings. The summed E-state index contributed by atoms with van der Waals surface area (Å²) in [6, 6.07) is 13.6. The fourth-order valence-corrected chi connectivity index (χ4v) is 4.46. The minimum atomic E-state index is 0.417. The van der Waals surface area contributed by atoms with Gasteiger partial charge < -0.3 is 0 Å². The third kappa shape index (κ3) is 4.02. The molecule has 0 saturated heterocycles. The van der Waals surface area contributed by atoms with E-state index in [2.05, 4.69) is 39.6 Å². The largest absolute Gasteiger partial charge is 0.296 e. The normalized spacial score (nSPS) is 13.0. The molecule has 1 aliphatic rings. The summed E-state index contributed by atoms with van der Waals surface area (Å²) in [5.41, 5.74) is 3.47. The molecule has 0 unspecified atom stereocenters. The molecule has 0 fully saturated rings. The second kappa shape index (κ2) is 9.29. The van der Waals surface area contributed by atoms with Crippen LogP contribution in [0.25, 0.3) is 5.69 Å². The summed E-state index contributed by atoms with van der Waals surface area (Å²) in [5.74, 6) is 1.72. The molecule has 0 saturated carbocycles. The van der Waals surface area contributed by atoms with Crippen LogP contribution in [0.3, 0.4) is 0 Å². The van der Waals surface area contributed by atoms with Gasteiger partial charge in [-0.1, -0.05) is 61.3 Å². The van der Waals surface area contributed by atoms with E-state index in [4.69, 9.17) is 28.2 Å². The van der Waals surface area contributed by atoms with E-state index in [1.54, 1.807) is 0 Å². The summed E-state index contributed by atoms with van der Waals surface area (Å²) in [6.07, 6.45) is 2.20. The lowest BCUT2D eigenvalue weighted by Crippen LogP contribution is -2.27. The Morgan fingerprint density at radius 3 is 2.40 bits per heavy atom. The van der Waals surface area contributed by atoms with Crippen molar-refractivity contribution in [3.05, 3.63) is 75.3 Å². The van der Waals surface area contributed by atoms with Gasteiger partial charge in [0.2, 0.25) is 0 Å². The highest BCUT2D eigenvalue weighted by Crippen LogP contribution is 2.33. The summed E-state index contributed by atoms with van der Waals surface area (Å²) in [4.78, 5) is 7.29. The molecule has 0 atom stereocenters. The Bertz CT molecular complexity index is 1070. The number of halogens is 2. The van der Waals surface area contributed by atoms with Gasteiger partial charge in [0.15, 0.2) is 11.6 Å². The Morgan fingerprint density at radius 2 is 1.67 bits per heavy atom. The molecular formula is C23H25Cl2N5. The van der Waals surface area contributed by atoms with Crippen molar-refractivity contribution in [2.24, 2.45) is 4.99 Å². The lowest BCUT2D eigenvalue weighted by molar-refractivity contribution is 0.258. The van der Waals surface area contributed by atoms with Crippen LogP contribution in [0.1, 0.15) is 49.5 Å². The molecule has 0 radical (unpaired) electrons. The molecule has 0 bridgehead atoms. The Hall–Kier alpha value is -2.21. The molecule has 4 rings (SSSR count). The van der Waals surface area contributed by atoms with Crippen LogP contribution in [0.15, 0.2) is 47.5 Å². The highest BCUT2D eigenvalue weighted by atomic mass is 35.5. The van der Waals surface area contributed by atoms with E-state index < -0.39 is 0 Å². The molecule has 0 N–H and O–H groups in total. The minimum Gasteiger partial charge on any atom is -0.296 e. The van der Waals surface area contributed by atoms with E-state index >= 15 is 0 Å². The van der Waals surface area contributed by atoms with Gasteiger partial charge in [0.05, 0.1) is 23.0 Å². The van der Waals surface area contributed by atoms with Crippen LogP contribution in [0.2, 0.25) is 10.0 Å². The minimum absolute atomic E-state index is 0.417. The Morgan fingerprint density at radius 1 is 0.933 bits per heavy atom. The maximum absolute atomic E-state index is 6.71. The number of rotatable bonds is 7. The van der Waals surface area contributed by atoms with E-state index in [-0.39, 0.29) is 0 Å². The molecule has 0 aliphatic carbocycles. The first-order valence-corrected chi connectivity index (χ1v) is 11.1. The lowest BCUT2D eigenvalue weighted by atomic mass is 10.00. The summed E-state index contributed by atoms with van der Waals surface area (Å²) in [7, 11) is 0. The average Bonchev–Trinajstić information content (AvgIpc) is 3.04. The molecule has 7 heteroatoms. The third-order valence-electron chi connectivity index (χ3n) is 5.22. The van der Waals surface area contributed by atoms with Gasteiger partial charge in [-0.05, 0) is 44.1 Å². The van der Waals surface area contributed by atoms with Crippen molar-refractivity contribution >= 4 is 28.9 Å². The molecule has 30 heavy (non-hydrogen) atoms. The topological polar surface area (TPSA) is 46.3 Å². The number of benzene rings is 2. The number of nitrogens with zero attached hydrogens (tertiary/aromatic N) is 5. The van der Waals surface area contributed by atoms with Crippen LogP contribution in [0.5, 0.6) is 0 Å². The Kier molecular flexibility index (Phi) is 6.52. The molecule has 2 heterocycles. The van der Waals surface area contributed by atoms with E-state index in [1.807, 2.05) is 36.4 Å². The molecule has 1 aromatic heterocycles. The first-order chi connectivity index (χ1) is 14.6. The monoisotopic (exact) mass is 441 g/mol. The van der Waals surface area contributed by atoms with Gasteiger partial charge in [-0.3, -0.25) is 14.5 Å². The second-order valence-electron chi connectivity index (χ2n) is 7.42. The van der Waals surface area contributed by atoms with E-state index in [0.29, 0.717) is 16.6 Å². The number of aromatic nitrogens is 3. The van der Waals surface area contributed by atoms with Crippen molar-refractivity contribution < 1.29 is 0 Å². The molecule has 0 amide bonds. The van der Waals surface area contributed by atoms with Gasteiger partial charge in [0.1, 0.15) is 6.54 Å². The summed E-state index contributed by atoms with van der Waals surface area (Å²) in [5, 5.41) is 10.3. The molecule has 156 valence electrons. The second-order valence-corrected chi connectivity index (χ2v) is 8.24. The summed E-state index contributed by atoms with van der Waals surface area (Å²) in [6.45, 7) is 7.61. The fourth-order valence-electron chi connectivity index (χ4n) is 3.97. The Labute approximate surface area is 187 Å². The van der Waals surface area contributed by atoms with Crippen LogP contribution in [0, 0.1) is 0 Å². The zero-order chi connectivity index (χ0) is 21.1. The van der Waals surface area contributed by atoms with E-state index in [9.17, 15) is 0 Å². The van der Waals surface area contributed by atoms with Gasteiger partial charge >= 0.3 is 0 Å². The van der Waals surface area contributed by atoms with Crippen LogP contribution in [-0.4, -0.2) is 38.5 Å². The predicted octanol–water partition coefficient (Wildman–Crippen LogP) is 5.55. The fraction of sp³-hybridized carbons (Fsp3) is 0.348. The van der Waals surface area contributed by atoms with Gasteiger partial charge in [0.25, 0.3) is 0 Å². The number of hydrogen-bond donors (Lipinski definition) is 0. The zero-order valence-electron chi connectivity index (χ0n) is 17.3. The van der Waals surface area contributed by atoms with Gasteiger partial charge in [0, 0.05) is 16.1 Å². The van der Waals surface area contributed by atoms with Gasteiger partial charge in [-0.25, -0.2) is 0 Å². The van der Waals surface area contributed by atoms with Crippen LogP contribution < -0.4 is 0 Å². The standard InChI is InChI=1S/C23H25Cl2N5/c1-3-12-29(13-4-2)15-21-28-27-20-14-26-23(16-8-5-6-9-17(16)24)22-18(25)10-7-11-19(22)30(20)21/h5-11H,3-4,12-15H2,1-2H3. The maximum Gasteiger partial charge on any atom is 0.159 e. The van der Waals surface area contributed by atoms with Crippen molar-refractivity contribution in [1.29, 1.82) is 0 Å². The van der Waals surface area contributed by atoms with Gasteiger partial charge in [-0.2, -0.15) is 0 Å². The van der Waals surface area contributed by atoms with Crippen molar-refractivity contribution in [3.63, 3.8) is 0 Å². The maximum atomic E-state index is 6.71. The highest BCUT2D eigenvalue weighted by Gasteiger charge is 2.26. The Balaban J connectivity index is 1.84. The molecule has 1 aliphatic heterocycles. The first-order valence-electron chi connectivity index (χ1n) is 10.4. The van der Waals surface area contributed by atoms with Crippen LogP contribution >= 0.6 is 23.2 Å². The molecule has 5 nitrogen and oxygen atoms in total. The SMILES string of the molecule is CCCN(CCC)Cc1nnc2n1-c1cccc(Cl)c1C(c1ccccc1Cl)=NC2. The first kappa shape index (κ1) is 21.0. The zero-order valence-corrected chi connectivity index (χ0v) is 18.8. The highest BCUT2D eigenvalue weighted by molar-refractivity contribution is 6.39. The van der Waals surface area contributed by atoms with E-state index in [0.717, 1.165) is 66.7 Å².